The van der Waals surface area contributed by atoms with Gasteiger partial charge in [-0.2, -0.15) is 0 Å². The SMILES string of the molecule is NCCCC[C@@H](NC(=O)[C@@H](N)Cc1ccc(O)cc1)C(=O)O. The largest absolute Gasteiger partial charge is 0.508 e. The van der Waals surface area contributed by atoms with Crippen LogP contribution in [-0.4, -0.2) is 40.7 Å². The molecule has 0 aromatic heterocycles. The average molecular weight is 309 g/mol. The van der Waals surface area contributed by atoms with Crippen molar-refractivity contribution < 1.29 is 19.8 Å². The number of phenols is 1. The molecule has 0 radical (unpaired) electrons. The fourth-order valence-corrected chi connectivity index (χ4v) is 2.01. The Morgan fingerprint density at radius 1 is 1.18 bits per heavy atom. The van der Waals surface area contributed by atoms with Gasteiger partial charge in [-0.3, -0.25) is 4.79 Å². The molecule has 1 aromatic carbocycles. The van der Waals surface area contributed by atoms with Crippen molar-refractivity contribution in [2.45, 2.75) is 37.8 Å². The maximum atomic E-state index is 12.0. The van der Waals surface area contributed by atoms with Gasteiger partial charge in [-0.25, -0.2) is 4.79 Å². The maximum absolute atomic E-state index is 12.0. The second-order valence-corrected chi connectivity index (χ2v) is 5.16. The van der Waals surface area contributed by atoms with Crippen LogP contribution >= 0.6 is 0 Å². The second-order valence-electron chi connectivity index (χ2n) is 5.16. The molecule has 1 aromatic rings. The monoisotopic (exact) mass is 309 g/mol. The van der Waals surface area contributed by atoms with Crippen molar-refractivity contribution >= 4 is 11.9 Å². The molecule has 0 bridgehead atoms. The molecule has 122 valence electrons. The molecule has 7 N–H and O–H groups in total. The predicted octanol–water partition coefficient (Wildman–Crippen LogP) is -0.0396. The smallest absolute Gasteiger partial charge is 0.326 e. The van der Waals surface area contributed by atoms with E-state index in [9.17, 15) is 14.7 Å². The summed E-state index contributed by atoms with van der Waals surface area (Å²) in [5.41, 5.74) is 12.0. The van der Waals surface area contributed by atoms with Crippen LogP contribution in [0.1, 0.15) is 24.8 Å². The number of rotatable bonds is 9. The normalized spacial score (nSPS) is 13.4. The summed E-state index contributed by atoms with van der Waals surface area (Å²) in [5.74, 6) is -1.46. The molecule has 7 nitrogen and oxygen atoms in total. The zero-order valence-corrected chi connectivity index (χ0v) is 12.4. The van der Waals surface area contributed by atoms with Crippen molar-refractivity contribution in [3.63, 3.8) is 0 Å². The third kappa shape index (κ3) is 6.11. The standard InChI is InChI=1S/C15H23N3O4/c16-8-2-1-3-13(15(21)22)18-14(20)12(17)9-10-4-6-11(19)7-5-10/h4-7,12-13,19H,1-3,8-9,16-17H2,(H,18,20)(H,21,22)/t12-,13+/m0/s1. The Hall–Kier alpha value is -2.12. The molecule has 0 fully saturated rings. The molecule has 0 aliphatic heterocycles. The number of nitrogens with one attached hydrogen (secondary N) is 1. The topological polar surface area (TPSA) is 139 Å². The summed E-state index contributed by atoms with van der Waals surface area (Å²) < 4.78 is 0. The van der Waals surface area contributed by atoms with Crippen molar-refractivity contribution in [1.82, 2.24) is 5.32 Å². The molecule has 0 saturated heterocycles. The summed E-state index contributed by atoms with van der Waals surface area (Å²) in [6.07, 6.45) is 1.92. The first-order valence-corrected chi connectivity index (χ1v) is 7.20. The van der Waals surface area contributed by atoms with E-state index in [1.807, 2.05) is 0 Å². The zero-order chi connectivity index (χ0) is 16.5. The van der Waals surface area contributed by atoms with Crippen molar-refractivity contribution in [2.75, 3.05) is 6.54 Å². The van der Waals surface area contributed by atoms with Crippen LogP contribution in [0.3, 0.4) is 0 Å². The molecule has 1 rings (SSSR count). The summed E-state index contributed by atoms with van der Waals surface area (Å²) in [4.78, 5) is 23.1. The van der Waals surface area contributed by atoms with Crippen LogP contribution in [0.5, 0.6) is 5.75 Å². The summed E-state index contributed by atoms with van der Waals surface area (Å²) >= 11 is 0. The molecule has 0 unspecified atom stereocenters. The number of nitrogens with two attached hydrogens (primary N) is 2. The van der Waals surface area contributed by atoms with Crippen molar-refractivity contribution in [1.29, 1.82) is 0 Å². The van der Waals surface area contributed by atoms with Gasteiger partial charge in [0.1, 0.15) is 11.8 Å². The van der Waals surface area contributed by atoms with Crippen molar-refractivity contribution in [3.8, 4) is 5.75 Å². The summed E-state index contributed by atoms with van der Waals surface area (Å²) in [5, 5.41) is 20.8. The van der Waals surface area contributed by atoms with E-state index in [4.69, 9.17) is 16.6 Å². The van der Waals surface area contributed by atoms with E-state index in [0.29, 0.717) is 25.8 Å². The van der Waals surface area contributed by atoms with Crippen molar-refractivity contribution in [2.24, 2.45) is 11.5 Å². The number of benzene rings is 1. The third-order valence-electron chi connectivity index (χ3n) is 3.29. The maximum Gasteiger partial charge on any atom is 0.326 e. The molecule has 7 heteroatoms. The highest BCUT2D eigenvalue weighted by Gasteiger charge is 2.22. The number of hydrogen-bond donors (Lipinski definition) is 5. The van der Waals surface area contributed by atoms with Gasteiger partial charge in [0, 0.05) is 0 Å². The van der Waals surface area contributed by atoms with Gasteiger partial charge in [-0.05, 0) is 49.9 Å². The summed E-state index contributed by atoms with van der Waals surface area (Å²) in [6.45, 7) is 0.487. The molecular formula is C15H23N3O4. The van der Waals surface area contributed by atoms with Crippen LogP contribution in [0.4, 0.5) is 0 Å². The molecule has 0 saturated carbocycles. The Morgan fingerprint density at radius 3 is 2.36 bits per heavy atom. The van der Waals surface area contributed by atoms with E-state index in [0.717, 1.165) is 5.56 Å². The minimum atomic E-state index is -1.08. The van der Waals surface area contributed by atoms with Gasteiger partial charge >= 0.3 is 5.97 Å². The fourth-order valence-electron chi connectivity index (χ4n) is 2.01. The number of carboxylic acid groups (broad SMARTS) is 1. The second kappa shape index (κ2) is 9.01. The number of aliphatic carboxylic acids is 1. The first-order chi connectivity index (χ1) is 10.4. The molecule has 1 amide bonds. The van der Waals surface area contributed by atoms with Gasteiger partial charge in [-0.15, -0.1) is 0 Å². The molecule has 22 heavy (non-hydrogen) atoms. The highest BCUT2D eigenvalue weighted by molar-refractivity contribution is 5.86. The summed E-state index contributed by atoms with van der Waals surface area (Å²) in [6, 6.07) is 4.54. The van der Waals surface area contributed by atoms with E-state index in [1.54, 1.807) is 12.1 Å². The molecule has 0 heterocycles. The lowest BCUT2D eigenvalue weighted by Gasteiger charge is -2.18. The number of hydrogen-bond acceptors (Lipinski definition) is 5. The Balaban J connectivity index is 2.53. The first-order valence-electron chi connectivity index (χ1n) is 7.20. The van der Waals surface area contributed by atoms with Gasteiger partial charge in [0.25, 0.3) is 0 Å². The van der Waals surface area contributed by atoms with E-state index >= 15 is 0 Å². The van der Waals surface area contributed by atoms with Crippen LogP contribution in [0.15, 0.2) is 24.3 Å². The highest BCUT2D eigenvalue weighted by atomic mass is 16.4. The number of unbranched alkanes of at least 4 members (excludes halogenated alkanes) is 1. The van der Waals surface area contributed by atoms with Crippen LogP contribution in [0, 0.1) is 0 Å². The molecule has 2 atom stereocenters. The third-order valence-corrected chi connectivity index (χ3v) is 3.29. The highest BCUT2D eigenvalue weighted by Crippen LogP contribution is 2.11. The lowest BCUT2D eigenvalue weighted by atomic mass is 10.0. The van der Waals surface area contributed by atoms with Gasteiger partial charge < -0.3 is 27.0 Å². The first kappa shape index (κ1) is 17.9. The zero-order valence-electron chi connectivity index (χ0n) is 12.4. The van der Waals surface area contributed by atoms with E-state index in [2.05, 4.69) is 5.32 Å². The number of phenolic OH excluding ortho intramolecular Hbond substituents is 1. The molecule has 0 aliphatic rings. The van der Waals surface area contributed by atoms with Crippen LogP contribution in [-0.2, 0) is 16.0 Å². The quantitative estimate of drug-likeness (QED) is 0.406. The molecular weight excluding hydrogens is 286 g/mol. The summed E-state index contributed by atoms with van der Waals surface area (Å²) in [7, 11) is 0. The van der Waals surface area contributed by atoms with Crippen LogP contribution in [0.2, 0.25) is 0 Å². The van der Waals surface area contributed by atoms with Crippen molar-refractivity contribution in [3.05, 3.63) is 29.8 Å². The van der Waals surface area contributed by atoms with E-state index in [1.165, 1.54) is 12.1 Å². The minimum absolute atomic E-state index is 0.132. The Bertz CT molecular complexity index is 490. The van der Waals surface area contributed by atoms with Gasteiger partial charge in [0.2, 0.25) is 5.91 Å². The lowest BCUT2D eigenvalue weighted by molar-refractivity contribution is -0.142. The fraction of sp³-hybridized carbons (Fsp3) is 0.467. The Kier molecular flexibility index (Phi) is 7.34. The van der Waals surface area contributed by atoms with Gasteiger partial charge in [-0.1, -0.05) is 12.1 Å². The molecule has 0 spiro atoms. The van der Waals surface area contributed by atoms with Crippen LogP contribution in [0.25, 0.3) is 0 Å². The number of amides is 1. The number of carbonyl (C=O) groups is 2. The number of carbonyl (C=O) groups excluding carboxylic acids is 1. The van der Waals surface area contributed by atoms with E-state index < -0.39 is 24.0 Å². The van der Waals surface area contributed by atoms with Crippen LogP contribution < -0.4 is 16.8 Å². The average Bonchev–Trinajstić information content (AvgIpc) is 2.48. The Morgan fingerprint density at radius 2 is 1.82 bits per heavy atom. The van der Waals surface area contributed by atoms with Gasteiger partial charge in [0.05, 0.1) is 6.04 Å². The molecule has 0 aliphatic carbocycles. The Labute approximate surface area is 129 Å². The van der Waals surface area contributed by atoms with E-state index in [-0.39, 0.29) is 12.2 Å². The number of carboxylic acids is 1. The number of aromatic hydroxyl groups is 1. The predicted molar refractivity (Wildman–Crippen MR) is 82.3 cm³/mol. The minimum Gasteiger partial charge on any atom is -0.508 e. The van der Waals surface area contributed by atoms with Gasteiger partial charge in [0.15, 0.2) is 0 Å². The lowest BCUT2D eigenvalue weighted by Crippen LogP contribution is -2.49.